The quantitative estimate of drug-likeness (QED) is 0.710. The first-order valence-corrected chi connectivity index (χ1v) is 9.26. The number of benzene rings is 1. The van der Waals surface area contributed by atoms with E-state index in [9.17, 15) is 4.39 Å². The van der Waals surface area contributed by atoms with Gasteiger partial charge in [-0.15, -0.1) is 15.3 Å². The number of rotatable bonds is 2. The molecule has 0 bridgehead atoms. The highest BCUT2D eigenvalue weighted by Crippen LogP contribution is 2.25. The molecule has 0 N–H and O–H groups in total. The van der Waals surface area contributed by atoms with E-state index in [1.165, 1.54) is 31.9 Å². The molecule has 0 aliphatic carbocycles. The summed E-state index contributed by atoms with van der Waals surface area (Å²) in [6, 6.07) is 11.1. The van der Waals surface area contributed by atoms with Crippen LogP contribution in [0.25, 0.3) is 17.0 Å². The van der Waals surface area contributed by atoms with Gasteiger partial charge in [-0.25, -0.2) is 4.39 Å². The lowest BCUT2D eigenvalue weighted by Crippen LogP contribution is -2.55. The molecule has 2 aromatic heterocycles. The summed E-state index contributed by atoms with van der Waals surface area (Å²) in [7, 11) is 0. The Kier molecular flexibility index (Phi) is 3.81. The normalized spacial score (nSPS) is 21.1. The van der Waals surface area contributed by atoms with E-state index in [0.717, 1.165) is 25.5 Å². The maximum Gasteiger partial charge on any atom is 0.188 e. The minimum absolute atomic E-state index is 0.315. The average molecular weight is 352 g/mol. The van der Waals surface area contributed by atoms with Gasteiger partial charge < -0.3 is 4.90 Å². The highest BCUT2D eigenvalue weighted by Gasteiger charge is 2.29. The van der Waals surface area contributed by atoms with E-state index in [1.807, 2.05) is 12.1 Å². The highest BCUT2D eigenvalue weighted by atomic mass is 19.1. The fourth-order valence-electron chi connectivity index (χ4n) is 4.12. The van der Waals surface area contributed by atoms with Crippen molar-refractivity contribution in [2.24, 2.45) is 0 Å². The van der Waals surface area contributed by atoms with E-state index >= 15 is 0 Å². The molecule has 0 spiro atoms. The van der Waals surface area contributed by atoms with Crippen LogP contribution in [0.4, 0.5) is 10.2 Å². The van der Waals surface area contributed by atoms with Gasteiger partial charge in [-0.1, -0.05) is 18.6 Å². The third kappa shape index (κ3) is 2.63. The number of fused-ring (bicyclic) bond motifs is 2. The molecule has 2 saturated heterocycles. The number of hydrogen-bond acceptors (Lipinski definition) is 5. The lowest BCUT2D eigenvalue weighted by Gasteiger charge is -2.44. The summed E-state index contributed by atoms with van der Waals surface area (Å²) in [5.41, 5.74) is 1.05. The van der Waals surface area contributed by atoms with Crippen LogP contribution in [0.3, 0.4) is 0 Å². The van der Waals surface area contributed by atoms with E-state index < -0.39 is 0 Å². The maximum atomic E-state index is 14.2. The van der Waals surface area contributed by atoms with Crippen LogP contribution >= 0.6 is 0 Å². The first-order valence-electron chi connectivity index (χ1n) is 9.26. The van der Waals surface area contributed by atoms with Gasteiger partial charge in [0.2, 0.25) is 0 Å². The lowest BCUT2D eigenvalue weighted by atomic mass is 9.99. The van der Waals surface area contributed by atoms with Crippen LogP contribution in [0.15, 0.2) is 36.4 Å². The van der Waals surface area contributed by atoms with Crippen LogP contribution < -0.4 is 4.90 Å². The SMILES string of the molecule is Fc1ccccc1-c1nnc2ccc(N3CCN4CCCCC4C3)nn12. The number of hydrogen-bond donors (Lipinski definition) is 0. The Morgan fingerprint density at radius 1 is 0.962 bits per heavy atom. The van der Waals surface area contributed by atoms with Crippen LogP contribution in [0.2, 0.25) is 0 Å². The Bertz CT molecular complexity index is 939. The number of anilines is 1. The molecule has 0 amide bonds. The van der Waals surface area contributed by atoms with Gasteiger partial charge in [-0.3, -0.25) is 4.90 Å². The van der Waals surface area contributed by atoms with Crippen molar-refractivity contribution in [3.8, 4) is 11.4 Å². The first-order chi connectivity index (χ1) is 12.8. The second kappa shape index (κ2) is 6.32. The summed E-state index contributed by atoms with van der Waals surface area (Å²) in [6.45, 7) is 4.25. The van der Waals surface area contributed by atoms with Crippen molar-refractivity contribution in [2.75, 3.05) is 31.1 Å². The topological polar surface area (TPSA) is 49.6 Å². The second-order valence-corrected chi connectivity index (χ2v) is 7.10. The monoisotopic (exact) mass is 352 g/mol. The zero-order valence-electron chi connectivity index (χ0n) is 14.6. The van der Waals surface area contributed by atoms with Crippen LogP contribution in [-0.2, 0) is 0 Å². The van der Waals surface area contributed by atoms with Crippen LogP contribution in [-0.4, -0.2) is 56.9 Å². The van der Waals surface area contributed by atoms with Crippen molar-refractivity contribution in [1.82, 2.24) is 24.7 Å². The van der Waals surface area contributed by atoms with Crippen molar-refractivity contribution in [1.29, 1.82) is 0 Å². The largest absolute Gasteiger partial charge is 0.352 e. The Balaban J connectivity index is 1.50. The molecule has 3 aromatic rings. The molecule has 7 heteroatoms. The molecule has 1 unspecified atom stereocenters. The van der Waals surface area contributed by atoms with Gasteiger partial charge in [-0.05, 0) is 43.7 Å². The Hall–Kier alpha value is -2.54. The molecule has 134 valence electrons. The molecule has 2 aliphatic heterocycles. The fraction of sp³-hybridized carbons (Fsp3) is 0.421. The molecule has 0 radical (unpaired) electrons. The smallest absolute Gasteiger partial charge is 0.188 e. The highest BCUT2D eigenvalue weighted by molar-refractivity contribution is 5.60. The molecular formula is C19H21FN6. The Labute approximate surface area is 151 Å². The minimum Gasteiger partial charge on any atom is -0.352 e. The van der Waals surface area contributed by atoms with E-state index in [2.05, 4.69) is 20.0 Å². The summed E-state index contributed by atoms with van der Waals surface area (Å²) in [5, 5.41) is 13.1. The van der Waals surface area contributed by atoms with E-state index in [0.29, 0.717) is 23.1 Å². The van der Waals surface area contributed by atoms with Crippen molar-refractivity contribution < 1.29 is 4.39 Å². The number of nitrogens with zero attached hydrogens (tertiary/aromatic N) is 6. The second-order valence-electron chi connectivity index (χ2n) is 7.10. The van der Waals surface area contributed by atoms with Crippen LogP contribution in [0.5, 0.6) is 0 Å². The molecule has 6 nitrogen and oxygen atoms in total. The number of piperazine rings is 1. The molecule has 1 aromatic carbocycles. The van der Waals surface area contributed by atoms with E-state index in [-0.39, 0.29) is 5.82 Å². The predicted molar refractivity (Wildman–Crippen MR) is 97.6 cm³/mol. The van der Waals surface area contributed by atoms with Crippen LogP contribution in [0, 0.1) is 5.82 Å². The third-order valence-electron chi connectivity index (χ3n) is 5.52. The maximum absolute atomic E-state index is 14.2. The zero-order valence-corrected chi connectivity index (χ0v) is 14.6. The summed E-state index contributed by atoms with van der Waals surface area (Å²) in [4.78, 5) is 4.93. The molecular weight excluding hydrogens is 331 g/mol. The number of aromatic nitrogens is 4. The van der Waals surface area contributed by atoms with E-state index in [4.69, 9.17) is 5.10 Å². The molecule has 2 fully saturated rings. The third-order valence-corrected chi connectivity index (χ3v) is 5.52. The lowest BCUT2D eigenvalue weighted by molar-refractivity contribution is 0.133. The average Bonchev–Trinajstić information content (AvgIpc) is 3.11. The van der Waals surface area contributed by atoms with Gasteiger partial charge in [0.25, 0.3) is 0 Å². The zero-order chi connectivity index (χ0) is 17.5. The Morgan fingerprint density at radius 2 is 1.88 bits per heavy atom. The van der Waals surface area contributed by atoms with Gasteiger partial charge in [0, 0.05) is 25.7 Å². The molecule has 0 saturated carbocycles. The van der Waals surface area contributed by atoms with Gasteiger partial charge in [0.15, 0.2) is 11.5 Å². The summed E-state index contributed by atoms with van der Waals surface area (Å²) in [5.74, 6) is 1.03. The van der Waals surface area contributed by atoms with Crippen molar-refractivity contribution >= 4 is 11.5 Å². The minimum atomic E-state index is -0.315. The summed E-state index contributed by atoms with van der Waals surface area (Å²) >= 11 is 0. The fourth-order valence-corrected chi connectivity index (χ4v) is 4.12. The number of halogens is 1. The predicted octanol–water partition coefficient (Wildman–Crippen LogP) is 2.60. The first kappa shape index (κ1) is 15.7. The molecule has 26 heavy (non-hydrogen) atoms. The number of piperidine rings is 1. The van der Waals surface area contributed by atoms with Gasteiger partial charge in [-0.2, -0.15) is 4.52 Å². The molecule has 2 aliphatic rings. The van der Waals surface area contributed by atoms with Gasteiger partial charge in [0.1, 0.15) is 11.6 Å². The molecule has 5 rings (SSSR count). The summed E-state index contributed by atoms with van der Waals surface area (Å²) < 4.78 is 15.9. The molecule has 4 heterocycles. The standard InChI is InChI=1S/C19H21FN6/c20-16-7-2-1-6-15(16)19-22-21-17-8-9-18(23-26(17)19)25-12-11-24-10-4-3-5-14(24)13-25/h1-2,6-9,14H,3-5,10-13H2. The van der Waals surface area contributed by atoms with E-state index in [1.54, 1.807) is 22.7 Å². The van der Waals surface area contributed by atoms with Crippen molar-refractivity contribution in [2.45, 2.75) is 25.3 Å². The van der Waals surface area contributed by atoms with Crippen molar-refractivity contribution in [3.63, 3.8) is 0 Å². The van der Waals surface area contributed by atoms with Gasteiger partial charge >= 0.3 is 0 Å². The molecule has 1 atom stereocenters. The summed E-state index contributed by atoms with van der Waals surface area (Å²) in [6.07, 6.45) is 3.88. The Morgan fingerprint density at radius 3 is 2.81 bits per heavy atom. The van der Waals surface area contributed by atoms with Gasteiger partial charge in [0.05, 0.1) is 5.56 Å². The van der Waals surface area contributed by atoms with Crippen LogP contribution in [0.1, 0.15) is 19.3 Å². The van der Waals surface area contributed by atoms with Crippen molar-refractivity contribution in [3.05, 3.63) is 42.2 Å².